The second-order valence-corrected chi connectivity index (χ2v) is 9.09. The van der Waals surface area contributed by atoms with Crippen LogP contribution in [0, 0.1) is 11.3 Å². The van der Waals surface area contributed by atoms with Gasteiger partial charge in [-0.3, -0.25) is 24.0 Å². The first kappa shape index (κ1) is 31.2. The zero-order valence-corrected chi connectivity index (χ0v) is 22.7. The zero-order valence-electron chi connectivity index (χ0n) is 22.7. The van der Waals surface area contributed by atoms with Gasteiger partial charge < -0.3 is 28.6 Å². The number of esters is 4. The lowest BCUT2D eigenvalue weighted by molar-refractivity contribution is -0.253. The predicted octanol–water partition coefficient (Wildman–Crippen LogP) is 1.83. The summed E-state index contributed by atoms with van der Waals surface area (Å²) in [6, 6.07) is 10.4. The van der Waals surface area contributed by atoms with Crippen LogP contribution in [0.4, 0.5) is 0 Å². The van der Waals surface area contributed by atoms with Crippen LogP contribution in [-0.2, 0) is 54.2 Å². The summed E-state index contributed by atoms with van der Waals surface area (Å²) in [7, 11) is 0. The van der Waals surface area contributed by atoms with E-state index in [1.807, 2.05) is 30.3 Å². The van der Waals surface area contributed by atoms with Gasteiger partial charge in [-0.15, -0.1) is 0 Å². The van der Waals surface area contributed by atoms with Gasteiger partial charge in [0, 0.05) is 41.2 Å². The van der Waals surface area contributed by atoms with Crippen LogP contribution >= 0.6 is 0 Å². The highest BCUT2D eigenvalue weighted by Crippen LogP contribution is 2.32. The van der Waals surface area contributed by atoms with E-state index in [0.29, 0.717) is 0 Å². The maximum Gasteiger partial charge on any atom is 0.303 e. The third kappa shape index (κ3) is 9.68. The van der Waals surface area contributed by atoms with E-state index in [0.717, 1.165) is 26.3 Å². The molecule has 0 saturated carbocycles. The Hall–Kier alpha value is -3.98. The summed E-state index contributed by atoms with van der Waals surface area (Å²) in [5.74, 6) is -3.10. The molecule has 6 atom stereocenters. The Bertz CT molecular complexity index is 1070. The Balaban J connectivity index is 2.37. The molecule has 0 unspecified atom stereocenters. The van der Waals surface area contributed by atoms with Crippen molar-refractivity contribution >= 4 is 29.8 Å². The van der Waals surface area contributed by atoms with Crippen molar-refractivity contribution in [1.29, 1.82) is 5.26 Å². The van der Waals surface area contributed by atoms with Gasteiger partial charge in [-0.1, -0.05) is 30.3 Å². The largest absolute Gasteiger partial charge is 0.463 e. The van der Waals surface area contributed by atoms with E-state index in [-0.39, 0.29) is 31.9 Å². The number of carbonyl (C=O) groups is 5. The topological polar surface area (TPSA) is 159 Å². The second-order valence-electron chi connectivity index (χ2n) is 9.09. The summed E-state index contributed by atoms with van der Waals surface area (Å²) < 4.78 is 27.5. The quantitative estimate of drug-likeness (QED) is 0.294. The minimum Gasteiger partial charge on any atom is -0.463 e. The van der Waals surface area contributed by atoms with Crippen molar-refractivity contribution in [2.24, 2.45) is 0 Å². The Kier molecular flexibility index (Phi) is 11.9. The molecule has 212 valence electrons. The summed E-state index contributed by atoms with van der Waals surface area (Å²) in [6.45, 7) is 5.84. The van der Waals surface area contributed by atoms with E-state index in [1.54, 1.807) is 0 Å². The summed E-state index contributed by atoms with van der Waals surface area (Å²) in [5.41, 5.74) is 0.834. The molecule has 0 bridgehead atoms. The van der Waals surface area contributed by atoms with E-state index in [2.05, 4.69) is 6.07 Å². The van der Waals surface area contributed by atoms with Gasteiger partial charge in [-0.2, -0.15) is 5.26 Å². The molecule has 1 aromatic carbocycles. The highest BCUT2D eigenvalue weighted by Gasteiger charge is 2.52. The molecule has 1 aromatic rings. The SMILES string of the molecule is CC(=O)OC[C@H]1O[C@H](CC[C@@H](C#N)N(Cc2ccccc2)C(C)=O)[C@H](OC(C)=O)[C@@H](OC(C)=O)[C@@H]1OC(C)=O. The number of ether oxygens (including phenoxy) is 5. The van der Waals surface area contributed by atoms with Crippen molar-refractivity contribution in [3.05, 3.63) is 35.9 Å². The lowest BCUT2D eigenvalue weighted by Gasteiger charge is -2.44. The fraction of sp³-hybridized carbons (Fsp3) is 0.556. The molecule has 0 N–H and O–H groups in total. The van der Waals surface area contributed by atoms with Gasteiger partial charge >= 0.3 is 23.9 Å². The van der Waals surface area contributed by atoms with Gasteiger partial charge in [0.05, 0.1) is 12.2 Å². The van der Waals surface area contributed by atoms with Crippen molar-refractivity contribution in [2.45, 2.75) is 90.6 Å². The van der Waals surface area contributed by atoms with Gasteiger partial charge in [0.1, 0.15) is 18.8 Å². The van der Waals surface area contributed by atoms with Gasteiger partial charge in [0.2, 0.25) is 5.91 Å². The molecule has 12 heteroatoms. The molecule has 12 nitrogen and oxygen atoms in total. The third-order valence-electron chi connectivity index (χ3n) is 5.94. The number of hydrogen-bond acceptors (Lipinski definition) is 11. The fourth-order valence-corrected chi connectivity index (χ4v) is 4.38. The standard InChI is InChI=1S/C27H34N2O10/c1-16(30)29(14-21-9-7-6-8-10-21)22(13-28)11-12-23-25(36-18(3)32)27(38-20(5)34)26(37-19(4)33)24(39-23)15-35-17(2)31/h6-10,22-27H,11-12,14-15H2,1-5H3/t22-,23+,24+,25-,26+,27+/m0/s1. The first-order valence-corrected chi connectivity index (χ1v) is 12.4. The van der Waals surface area contributed by atoms with Crippen LogP contribution in [-0.4, -0.2) is 77.9 Å². The number of amides is 1. The van der Waals surface area contributed by atoms with E-state index < -0.39 is 60.4 Å². The summed E-state index contributed by atoms with van der Waals surface area (Å²) in [6.07, 6.45) is -5.62. The maximum atomic E-state index is 12.4. The van der Waals surface area contributed by atoms with Crippen LogP contribution in [0.2, 0.25) is 0 Å². The zero-order chi connectivity index (χ0) is 29.1. The molecule has 2 rings (SSSR count). The maximum absolute atomic E-state index is 12.4. The van der Waals surface area contributed by atoms with Crippen LogP contribution in [0.15, 0.2) is 30.3 Å². The smallest absolute Gasteiger partial charge is 0.303 e. The monoisotopic (exact) mass is 546 g/mol. The average Bonchev–Trinajstić information content (AvgIpc) is 2.85. The summed E-state index contributed by atoms with van der Waals surface area (Å²) in [4.78, 5) is 61.2. The predicted molar refractivity (Wildman–Crippen MR) is 133 cm³/mol. The summed E-state index contributed by atoms with van der Waals surface area (Å²) >= 11 is 0. The van der Waals surface area contributed by atoms with Crippen molar-refractivity contribution in [3.8, 4) is 6.07 Å². The molecule has 0 aromatic heterocycles. The average molecular weight is 547 g/mol. The van der Waals surface area contributed by atoms with E-state index >= 15 is 0 Å². The number of hydrogen-bond donors (Lipinski definition) is 0. The van der Waals surface area contributed by atoms with Crippen molar-refractivity contribution < 1.29 is 47.7 Å². The third-order valence-corrected chi connectivity index (χ3v) is 5.94. The van der Waals surface area contributed by atoms with E-state index in [4.69, 9.17) is 23.7 Å². The van der Waals surface area contributed by atoms with Crippen molar-refractivity contribution in [2.75, 3.05) is 6.61 Å². The Morgan fingerprint density at radius 2 is 1.38 bits per heavy atom. The van der Waals surface area contributed by atoms with E-state index in [1.165, 1.54) is 18.7 Å². The van der Waals surface area contributed by atoms with Gasteiger partial charge in [-0.25, -0.2) is 0 Å². The molecule has 1 aliphatic heterocycles. The molecule has 1 saturated heterocycles. The van der Waals surface area contributed by atoms with Gasteiger partial charge in [-0.05, 0) is 18.4 Å². The molecule has 1 heterocycles. The number of benzene rings is 1. The normalized spacial score (nSPS) is 22.9. The van der Waals surface area contributed by atoms with Crippen molar-refractivity contribution in [1.82, 2.24) is 4.90 Å². The molecule has 1 amide bonds. The van der Waals surface area contributed by atoms with Crippen LogP contribution < -0.4 is 0 Å². The minimum absolute atomic E-state index is 0.0792. The highest BCUT2D eigenvalue weighted by molar-refractivity contribution is 5.74. The lowest BCUT2D eigenvalue weighted by atomic mass is 9.91. The van der Waals surface area contributed by atoms with Crippen LogP contribution in [0.5, 0.6) is 0 Å². The Morgan fingerprint density at radius 3 is 1.87 bits per heavy atom. The van der Waals surface area contributed by atoms with Crippen LogP contribution in [0.3, 0.4) is 0 Å². The first-order chi connectivity index (χ1) is 18.4. The molecular weight excluding hydrogens is 512 g/mol. The first-order valence-electron chi connectivity index (χ1n) is 12.4. The molecular formula is C27H34N2O10. The lowest BCUT2D eigenvalue weighted by Crippen LogP contribution is -2.62. The van der Waals surface area contributed by atoms with Crippen LogP contribution in [0.25, 0.3) is 0 Å². The minimum atomic E-state index is -1.29. The number of carbonyl (C=O) groups excluding carboxylic acids is 5. The number of nitrogens with zero attached hydrogens (tertiary/aromatic N) is 2. The molecule has 1 aliphatic rings. The van der Waals surface area contributed by atoms with Gasteiger partial charge in [0.25, 0.3) is 0 Å². The van der Waals surface area contributed by atoms with Crippen LogP contribution in [0.1, 0.15) is 53.0 Å². The van der Waals surface area contributed by atoms with Crippen molar-refractivity contribution in [3.63, 3.8) is 0 Å². The number of nitriles is 1. The molecule has 0 aliphatic carbocycles. The summed E-state index contributed by atoms with van der Waals surface area (Å²) in [5, 5.41) is 9.92. The van der Waals surface area contributed by atoms with Gasteiger partial charge in [0.15, 0.2) is 18.3 Å². The molecule has 0 spiro atoms. The number of rotatable bonds is 11. The molecule has 39 heavy (non-hydrogen) atoms. The fourth-order valence-electron chi connectivity index (χ4n) is 4.38. The van der Waals surface area contributed by atoms with E-state index in [9.17, 15) is 29.2 Å². The molecule has 0 radical (unpaired) electrons. The Labute approximate surface area is 227 Å². The molecule has 1 fully saturated rings. The Morgan fingerprint density at radius 1 is 0.846 bits per heavy atom. The second kappa shape index (κ2) is 14.8. The highest BCUT2D eigenvalue weighted by atomic mass is 16.7.